The Labute approximate surface area is 237 Å². The van der Waals surface area contributed by atoms with E-state index < -0.39 is 18.4 Å². The first kappa shape index (κ1) is 28.6. The molecule has 1 saturated heterocycles. The summed E-state index contributed by atoms with van der Waals surface area (Å²) in [6.45, 7) is 8.30. The first-order valence-electron chi connectivity index (χ1n) is 11.8. The number of carbonyl (C=O) groups is 2. The Balaban J connectivity index is 1.79. The fourth-order valence-corrected chi connectivity index (χ4v) is 7.97. The average molecular weight is 594 g/mol. The predicted molar refractivity (Wildman–Crippen MR) is 155 cm³/mol. The topological polar surface area (TPSA) is 101 Å². The van der Waals surface area contributed by atoms with Gasteiger partial charge < -0.3 is 10.0 Å². The quantitative estimate of drug-likeness (QED) is 0.279. The fraction of sp³-hybridized carbons (Fsp3) is 0.360. The summed E-state index contributed by atoms with van der Waals surface area (Å²) in [7, 11) is 1.49. The minimum Gasteiger partial charge on any atom is -0.480 e. The van der Waals surface area contributed by atoms with Crippen molar-refractivity contribution in [2.24, 2.45) is 0 Å². The molecule has 4 rings (SSSR count). The zero-order valence-electron chi connectivity index (χ0n) is 21.5. The molecule has 0 radical (unpaired) electrons. The third-order valence-electron chi connectivity index (χ3n) is 6.01. The summed E-state index contributed by atoms with van der Waals surface area (Å²) in [5.41, 5.74) is 2.64. The van der Waals surface area contributed by atoms with Gasteiger partial charge in [0, 0.05) is 18.0 Å². The largest absolute Gasteiger partial charge is 0.480 e. The third-order valence-corrected chi connectivity index (χ3v) is 10.0. The molecule has 1 amide bonds. The zero-order chi connectivity index (χ0) is 27.7. The number of amides is 1. The van der Waals surface area contributed by atoms with E-state index in [0.717, 1.165) is 50.0 Å². The predicted octanol–water partition coefficient (Wildman–Crippen LogP) is 3.27. The minimum absolute atomic E-state index is 0.170. The van der Waals surface area contributed by atoms with Crippen molar-refractivity contribution in [3.63, 3.8) is 0 Å². The highest BCUT2D eigenvalue weighted by Gasteiger charge is 2.35. The number of anilines is 1. The molecule has 2 aromatic rings. The number of hydrogen-bond acceptors (Lipinski definition) is 10. The number of allylic oxidation sites excluding steroid dienone is 1. The standard InChI is InChI=1S/C25H27N3O6S4/c1-6-26-16-11-15(14(4)34-33-5)8-9-17(16)36-18(26)10-13(3)20-22(31)27(7-2)24(37-20)21-23(32)28(12-19(29)30)25(35)38-21/h8-11,14H,6-7,12H2,1-5H3,(H,29,30)/b18-10-,20-13+,24-21-. The molecule has 38 heavy (non-hydrogen) atoms. The van der Waals surface area contributed by atoms with Gasteiger partial charge in [-0.25, -0.2) is 9.78 Å². The molecule has 202 valence electrons. The molecule has 3 heterocycles. The molecule has 13 heteroatoms. The number of thiazole rings is 1. The molecule has 1 N–H and O–H groups in total. The van der Waals surface area contributed by atoms with E-state index in [0.29, 0.717) is 15.7 Å². The molecule has 1 unspecified atom stereocenters. The van der Waals surface area contributed by atoms with E-state index in [1.165, 1.54) is 18.4 Å². The second-order valence-electron chi connectivity index (χ2n) is 8.41. The lowest BCUT2D eigenvalue weighted by molar-refractivity contribution is -0.303. The number of fused-ring (bicyclic) bond motifs is 1. The van der Waals surface area contributed by atoms with Crippen LogP contribution < -0.4 is 19.7 Å². The summed E-state index contributed by atoms with van der Waals surface area (Å²) in [4.78, 5) is 52.3. The highest BCUT2D eigenvalue weighted by atomic mass is 32.2. The van der Waals surface area contributed by atoms with Gasteiger partial charge in [0.2, 0.25) is 0 Å². The summed E-state index contributed by atoms with van der Waals surface area (Å²) in [6, 6.07) is 6.16. The Bertz CT molecular complexity index is 1530. The van der Waals surface area contributed by atoms with E-state index in [1.54, 1.807) is 16.3 Å². The number of thiocarbonyl (C=S) groups is 1. The Morgan fingerprint density at radius 2 is 1.92 bits per heavy atom. The van der Waals surface area contributed by atoms with Crippen LogP contribution in [0.1, 0.15) is 39.4 Å². The second-order valence-corrected chi connectivity index (χ2v) is 12.1. The summed E-state index contributed by atoms with van der Waals surface area (Å²) in [5, 5.41) is 10.1. The van der Waals surface area contributed by atoms with Crippen LogP contribution in [0.25, 0.3) is 10.5 Å². The SMILES string of the molecule is CCN1/C(=C/C(C)=c2/s/c(=C3\SC(=S)N(CC(=O)O)C3=O)n(CC)c2=O)Sc2ccc(C(C)OOC)cc21. The van der Waals surface area contributed by atoms with Crippen LogP contribution in [0, 0.1) is 0 Å². The minimum atomic E-state index is -1.15. The summed E-state index contributed by atoms with van der Waals surface area (Å²) < 4.78 is 2.73. The number of aromatic nitrogens is 1. The number of nitrogens with zero attached hydrogens (tertiary/aromatic N) is 3. The molecule has 0 bridgehead atoms. The lowest BCUT2D eigenvalue weighted by Crippen LogP contribution is -2.35. The number of hydrogen-bond donors (Lipinski definition) is 1. The first-order valence-corrected chi connectivity index (χ1v) is 14.7. The maximum absolute atomic E-state index is 13.4. The van der Waals surface area contributed by atoms with Crippen LogP contribution >= 0.6 is 47.1 Å². The van der Waals surface area contributed by atoms with Gasteiger partial charge in [0.15, 0.2) is 0 Å². The summed E-state index contributed by atoms with van der Waals surface area (Å²) >= 11 is 9.13. The lowest BCUT2D eigenvalue weighted by atomic mass is 10.1. The molecule has 2 aliphatic rings. The number of carboxylic acids is 1. The molecule has 1 atom stereocenters. The van der Waals surface area contributed by atoms with Gasteiger partial charge in [-0.3, -0.25) is 23.9 Å². The van der Waals surface area contributed by atoms with Gasteiger partial charge in [-0.2, -0.15) is 0 Å². The van der Waals surface area contributed by atoms with E-state index in [1.807, 2.05) is 32.9 Å². The number of carbonyl (C=O) groups excluding carboxylic acids is 1. The maximum Gasteiger partial charge on any atom is 0.323 e. The fourth-order valence-electron chi connectivity index (χ4n) is 4.17. The van der Waals surface area contributed by atoms with Crippen LogP contribution in [0.4, 0.5) is 5.69 Å². The molecule has 2 aliphatic heterocycles. The zero-order valence-corrected chi connectivity index (χ0v) is 24.7. The Kier molecular flexibility index (Phi) is 8.85. The highest BCUT2D eigenvalue weighted by molar-refractivity contribution is 8.30. The Hall–Kier alpha value is -2.42. The van der Waals surface area contributed by atoms with Crippen LogP contribution in [0.15, 0.2) is 39.0 Å². The molecular formula is C25H27N3O6S4. The lowest BCUT2D eigenvalue weighted by Gasteiger charge is -2.19. The number of thioether (sulfide) groups is 2. The van der Waals surface area contributed by atoms with Gasteiger partial charge in [0.25, 0.3) is 11.5 Å². The van der Waals surface area contributed by atoms with Crippen molar-refractivity contribution < 1.29 is 24.5 Å². The molecule has 0 saturated carbocycles. The number of benzene rings is 1. The molecule has 1 aromatic heterocycles. The Morgan fingerprint density at radius 3 is 2.55 bits per heavy atom. The molecular weight excluding hydrogens is 567 g/mol. The van der Waals surface area contributed by atoms with Gasteiger partial charge >= 0.3 is 5.97 Å². The van der Waals surface area contributed by atoms with Crippen molar-refractivity contribution in [1.82, 2.24) is 9.47 Å². The van der Waals surface area contributed by atoms with Crippen molar-refractivity contribution in [2.45, 2.75) is 45.2 Å². The highest BCUT2D eigenvalue weighted by Crippen LogP contribution is 2.47. The second kappa shape index (κ2) is 11.8. The van der Waals surface area contributed by atoms with Gasteiger partial charge in [-0.1, -0.05) is 41.8 Å². The van der Waals surface area contributed by atoms with E-state index in [4.69, 9.17) is 27.1 Å². The smallest absolute Gasteiger partial charge is 0.323 e. The Morgan fingerprint density at radius 1 is 1.18 bits per heavy atom. The molecule has 0 aliphatic carbocycles. The van der Waals surface area contributed by atoms with Crippen molar-refractivity contribution in [2.75, 3.05) is 25.1 Å². The molecule has 9 nitrogen and oxygen atoms in total. The number of rotatable bonds is 8. The van der Waals surface area contributed by atoms with Gasteiger partial charge in [0.05, 0.1) is 22.4 Å². The number of aliphatic carboxylic acids is 1. The van der Waals surface area contributed by atoms with E-state index in [2.05, 4.69) is 24.0 Å². The van der Waals surface area contributed by atoms with Crippen LogP contribution in [0.3, 0.4) is 0 Å². The molecule has 0 spiro atoms. The number of carboxylic acid groups (broad SMARTS) is 1. The summed E-state index contributed by atoms with van der Waals surface area (Å²) in [6.07, 6.45) is 1.77. The van der Waals surface area contributed by atoms with Crippen LogP contribution in [-0.4, -0.2) is 51.0 Å². The van der Waals surface area contributed by atoms with Gasteiger partial charge in [-0.05, 0) is 57.0 Å². The van der Waals surface area contributed by atoms with Crippen LogP contribution in [0.2, 0.25) is 0 Å². The molecule has 1 fully saturated rings. The van der Waals surface area contributed by atoms with E-state index in [9.17, 15) is 14.4 Å². The van der Waals surface area contributed by atoms with E-state index in [-0.39, 0.29) is 20.9 Å². The first-order chi connectivity index (χ1) is 18.1. The maximum atomic E-state index is 13.4. The van der Waals surface area contributed by atoms with Crippen LogP contribution in [0.5, 0.6) is 0 Å². The molecule has 1 aromatic carbocycles. The van der Waals surface area contributed by atoms with Gasteiger partial charge in [0.1, 0.15) is 26.5 Å². The van der Waals surface area contributed by atoms with Crippen molar-refractivity contribution >= 4 is 79.4 Å². The van der Waals surface area contributed by atoms with Crippen molar-refractivity contribution in [1.29, 1.82) is 0 Å². The van der Waals surface area contributed by atoms with Crippen molar-refractivity contribution in [3.05, 3.63) is 54.4 Å². The van der Waals surface area contributed by atoms with Gasteiger partial charge in [-0.15, -0.1) is 11.3 Å². The normalized spacial score (nSPS) is 19.4. The summed E-state index contributed by atoms with van der Waals surface area (Å²) in [5.74, 6) is -1.64. The van der Waals surface area contributed by atoms with E-state index >= 15 is 0 Å². The monoisotopic (exact) mass is 593 g/mol. The van der Waals surface area contributed by atoms with Crippen LogP contribution in [-0.2, 0) is 25.9 Å². The third kappa shape index (κ3) is 5.36. The van der Waals surface area contributed by atoms with Crippen molar-refractivity contribution in [3.8, 4) is 0 Å². The average Bonchev–Trinajstić information content (AvgIpc) is 3.49.